The predicted octanol–water partition coefficient (Wildman–Crippen LogP) is 5.22. The molecule has 0 spiro atoms. The number of halogens is 1. The minimum atomic E-state index is -0.430. The summed E-state index contributed by atoms with van der Waals surface area (Å²) >= 11 is 6.56. The molecule has 0 fully saturated rings. The van der Waals surface area contributed by atoms with Crippen molar-refractivity contribution in [3.8, 4) is 5.75 Å². The quantitative estimate of drug-likeness (QED) is 0.178. The van der Waals surface area contributed by atoms with Crippen molar-refractivity contribution in [1.82, 2.24) is 9.80 Å². The molecule has 9 nitrogen and oxygen atoms in total. The van der Waals surface area contributed by atoms with Crippen LogP contribution in [0.15, 0.2) is 97.1 Å². The van der Waals surface area contributed by atoms with Gasteiger partial charge in [-0.25, -0.2) is 0 Å². The summed E-state index contributed by atoms with van der Waals surface area (Å²) < 4.78 is 11.4. The van der Waals surface area contributed by atoms with Crippen LogP contribution in [0.2, 0.25) is 5.02 Å². The molecule has 4 aromatic rings. The number of benzene rings is 4. The van der Waals surface area contributed by atoms with E-state index in [0.29, 0.717) is 42.4 Å². The molecule has 0 unspecified atom stereocenters. The molecule has 0 saturated carbocycles. The number of amides is 4. The number of para-hydroxylation sites is 1. The molecular formula is C35H30ClN3O6. The first-order chi connectivity index (χ1) is 21.9. The molecule has 6 rings (SSSR count). The fraction of sp³-hybridized carbons (Fsp3) is 0.200. The molecule has 0 bridgehead atoms. The van der Waals surface area contributed by atoms with E-state index in [1.165, 1.54) is 4.90 Å². The first-order valence-electron chi connectivity index (χ1n) is 14.6. The monoisotopic (exact) mass is 623 g/mol. The van der Waals surface area contributed by atoms with Crippen molar-refractivity contribution < 1.29 is 28.7 Å². The van der Waals surface area contributed by atoms with Crippen molar-refractivity contribution >= 4 is 40.9 Å². The number of ether oxygens (including phenoxy) is 2. The van der Waals surface area contributed by atoms with Gasteiger partial charge >= 0.3 is 0 Å². The molecule has 0 aromatic heterocycles. The van der Waals surface area contributed by atoms with E-state index in [0.717, 1.165) is 16.0 Å². The highest BCUT2D eigenvalue weighted by Gasteiger charge is 2.36. The van der Waals surface area contributed by atoms with Crippen LogP contribution in [0.4, 0.5) is 5.69 Å². The Labute approximate surface area is 265 Å². The number of fused-ring (bicyclic) bond motifs is 2. The lowest BCUT2D eigenvalue weighted by molar-refractivity contribution is -0.130. The third kappa shape index (κ3) is 6.45. The van der Waals surface area contributed by atoms with Crippen LogP contribution in [0.5, 0.6) is 5.75 Å². The van der Waals surface area contributed by atoms with E-state index in [-0.39, 0.29) is 54.5 Å². The number of hydrogen-bond donors (Lipinski definition) is 0. The summed E-state index contributed by atoms with van der Waals surface area (Å²) in [5, 5.41) is 0.194. The summed E-state index contributed by atoms with van der Waals surface area (Å²) in [5.74, 6) is -1.01. The van der Waals surface area contributed by atoms with Crippen LogP contribution in [0, 0.1) is 0 Å². The Morgan fingerprint density at radius 3 is 2.18 bits per heavy atom. The second-order valence-corrected chi connectivity index (χ2v) is 11.1. The number of anilines is 1. The lowest BCUT2D eigenvalue weighted by Crippen LogP contribution is -2.44. The zero-order valence-corrected chi connectivity index (χ0v) is 25.1. The van der Waals surface area contributed by atoms with Gasteiger partial charge in [-0.3, -0.25) is 29.0 Å². The highest BCUT2D eigenvalue weighted by Crippen LogP contribution is 2.30. The van der Waals surface area contributed by atoms with Gasteiger partial charge in [-0.2, -0.15) is 0 Å². The Hall–Kier alpha value is -4.99. The third-order valence-corrected chi connectivity index (χ3v) is 8.10. The fourth-order valence-corrected chi connectivity index (χ4v) is 5.71. The fourth-order valence-electron chi connectivity index (χ4n) is 5.46. The van der Waals surface area contributed by atoms with Crippen LogP contribution in [0.3, 0.4) is 0 Å². The summed E-state index contributed by atoms with van der Waals surface area (Å²) in [5.41, 5.74) is 3.36. The average Bonchev–Trinajstić information content (AvgIpc) is 3.20. The number of carbonyl (C=O) groups is 4. The third-order valence-electron chi connectivity index (χ3n) is 7.79. The van der Waals surface area contributed by atoms with Gasteiger partial charge in [-0.1, -0.05) is 72.3 Å². The van der Waals surface area contributed by atoms with E-state index >= 15 is 0 Å². The van der Waals surface area contributed by atoms with Gasteiger partial charge in [0.05, 0.1) is 34.9 Å². The maximum absolute atomic E-state index is 13.8. The highest BCUT2D eigenvalue weighted by molar-refractivity contribution is 6.34. The van der Waals surface area contributed by atoms with Gasteiger partial charge < -0.3 is 14.4 Å². The Kier molecular flexibility index (Phi) is 8.91. The van der Waals surface area contributed by atoms with Crippen LogP contribution in [0.25, 0.3) is 0 Å². The summed E-state index contributed by atoms with van der Waals surface area (Å²) in [6.07, 6.45) is 0. The molecule has 4 aromatic carbocycles. The topological polar surface area (TPSA) is 96.5 Å². The molecule has 0 atom stereocenters. The Morgan fingerprint density at radius 1 is 0.756 bits per heavy atom. The molecular weight excluding hydrogens is 594 g/mol. The molecule has 45 heavy (non-hydrogen) atoms. The smallest absolute Gasteiger partial charge is 0.261 e. The summed E-state index contributed by atoms with van der Waals surface area (Å²) in [4.78, 5) is 57.2. The maximum atomic E-state index is 13.8. The molecule has 10 heteroatoms. The lowest BCUT2D eigenvalue weighted by atomic mass is 10.1. The first-order valence-corrected chi connectivity index (χ1v) is 15.0. The summed E-state index contributed by atoms with van der Waals surface area (Å²) in [7, 11) is 0. The van der Waals surface area contributed by atoms with E-state index in [2.05, 4.69) is 0 Å². The SMILES string of the molecule is O=C1CN(C(=O)c2ccc(OCCOCc3ccccc3)cc2Cl)c2ccccc2CN1CCN1C(=O)c2ccccc2C1=O. The number of imide groups is 1. The van der Waals surface area contributed by atoms with Gasteiger partial charge in [0.2, 0.25) is 5.91 Å². The highest BCUT2D eigenvalue weighted by atomic mass is 35.5. The first kappa shape index (κ1) is 30.1. The molecule has 228 valence electrons. The molecule has 0 saturated heterocycles. The minimum Gasteiger partial charge on any atom is -0.491 e. The van der Waals surface area contributed by atoms with E-state index in [4.69, 9.17) is 21.1 Å². The molecule has 2 heterocycles. The van der Waals surface area contributed by atoms with Gasteiger partial charge in [0.1, 0.15) is 18.9 Å². The lowest BCUT2D eigenvalue weighted by Gasteiger charge is -2.24. The van der Waals surface area contributed by atoms with Crippen LogP contribution in [0.1, 0.15) is 42.2 Å². The molecule has 2 aliphatic heterocycles. The zero-order valence-electron chi connectivity index (χ0n) is 24.4. The Bertz CT molecular complexity index is 1730. The predicted molar refractivity (Wildman–Crippen MR) is 168 cm³/mol. The van der Waals surface area contributed by atoms with Crippen LogP contribution in [-0.4, -0.2) is 66.3 Å². The van der Waals surface area contributed by atoms with Crippen LogP contribution >= 0.6 is 11.6 Å². The van der Waals surface area contributed by atoms with E-state index < -0.39 is 5.91 Å². The second-order valence-electron chi connectivity index (χ2n) is 10.7. The average molecular weight is 624 g/mol. The van der Waals surface area contributed by atoms with Crippen molar-refractivity contribution in [2.75, 3.05) is 37.7 Å². The standard InChI is InChI=1S/C35H30ClN3O6/c36-30-20-26(45-19-18-44-23-24-8-2-1-3-9-24)14-15-29(30)35(43)39-22-32(40)37(21-25-10-4-7-13-31(25)39)16-17-38-33(41)27-11-5-6-12-28(27)34(38)42/h1-15,20H,16-19,21-23H2. The summed E-state index contributed by atoms with van der Waals surface area (Å²) in [6.45, 7) is 1.32. The number of carbonyl (C=O) groups excluding carboxylic acids is 4. The van der Waals surface area contributed by atoms with Gasteiger partial charge in [0.25, 0.3) is 17.7 Å². The van der Waals surface area contributed by atoms with Gasteiger partial charge in [-0.05, 0) is 47.5 Å². The van der Waals surface area contributed by atoms with E-state index in [1.54, 1.807) is 59.5 Å². The van der Waals surface area contributed by atoms with Gasteiger partial charge in [-0.15, -0.1) is 0 Å². The maximum Gasteiger partial charge on any atom is 0.261 e. The van der Waals surface area contributed by atoms with Gasteiger partial charge in [0.15, 0.2) is 0 Å². The largest absolute Gasteiger partial charge is 0.491 e. The molecule has 0 radical (unpaired) electrons. The molecule has 0 N–H and O–H groups in total. The van der Waals surface area contributed by atoms with Crippen LogP contribution < -0.4 is 9.64 Å². The van der Waals surface area contributed by atoms with Crippen molar-refractivity contribution in [3.63, 3.8) is 0 Å². The van der Waals surface area contributed by atoms with Crippen molar-refractivity contribution in [1.29, 1.82) is 0 Å². The van der Waals surface area contributed by atoms with Crippen molar-refractivity contribution in [2.24, 2.45) is 0 Å². The van der Waals surface area contributed by atoms with Crippen LogP contribution in [-0.2, 0) is 22.7 Å². The van der Waals surface area contributed by atoms with Gasteiger partial charge in [0, 0.05) is 25.3 Å². The summed E-state index contributed by atoms with van der Waals surface area (Å²) in [6, 6.07) is 28.6. The minimum absolute atomic E-state index is 0.0405. The van der Waals surface area contributed by atoms with E-state index in [9.17, 15) is 19.2 Å². The van der Waals surface area contributed by atoms with Crippen molar-refractivity contribution in [3.05, 3.63) is 130 Å². The molecule has 0 aliphatic carbocycles. The number of rotatable bonds is 10. The Morgan fingerprint density at radius 2 is 1.44 bits per heavy atom. The number of nitrogens with zero attached hydrogens (tertiary/aromatic N) is 3. The number of hydrogen-bond acceptors (Lipinski definition) is 6. The molecule has 2 aliphatic rings. The zero-order chi connectivity index (χ0) is 31.3. The normalized spacial score (nSPS) is 14.3. The molecule has 4 amide bonds. The Balaban J connectivity index is 1.10. The second kappa shape index (κ2) is 13.3. The van der Waals surface area contributed by atoms with E-state index in [1.807, 2.05) is 42.5 Å². The van der Waals surface area contributed by atoms with Crippen molar-refractivity contribution in [2.45, 2.75) is 13.2 Å².